The maximum Gasteiger partial charge on any atom is 0.349 e. The summed E-state index contributed by atoms with van der Waals surface area (Å²) in [5.41, 5.74) is 2.50. The highest BCUT2D eigenvalue weighted by Gasteiger charge is 2.15. The monoisotopic (exact) mass is 468 g/mol. The highest BCUT2D eigenvalue weighted by Crippen LogP contribution is 2.32. The molecule has 0 spiro atoms. The van der Waals surface area contributed by atoms with Gasteiger partial charge >= 0.3 is 5.63 Å². The third-order valence-electron chi connectivity index (χ3n) is 5.48. The molecule has 9 nitrogen and oxygen atoms in total. The number of nitrogens with zero attached hydrogens (tertiary/aromatic N) is 3. The van der Waals surface area contributed by atoms with Crippen molar-refractivity contribution in [2.24, 2.45) is 0 Å². The van der Waals surface area contributed by atoms with Crippen LogP contribution < -0.4 is 20.4 Å². The Kier molecular flexibility index (Phi) is 5.72. The number of carbonyl (C=O) groups is 1. The van der Waals surface area contributed by atoms with Crippen molar-refractivity contribution < 1.29 is 18.7 Å². The summed E-state index contributed by atoms with van der Waals surface area (Å²) in [6.07, 6.45) is 1.65. The largest absolute Gasteiger partial charge is 0.493 e. The fourth-order valence-corrected chi connectivity index (χ4v) is 3.72. The summed E-state index contributed by atoms with van der Waals surface area (Å²) in [6.45, 7) is 0. The van der Waals surface area contributed by atoms with Gasteiger partial charge in [0.15, 0.2) is 11.5 Å². The molecule has 9 heteroatoms. The minimum atomic E-state index is -0.694. The van der Waals surface area contributed by atoms with Crippen LogP contribution in [0.3, 0.4) is 0 Å². The second-order valence-electron chi connectivity index (χ2n) is 7.59. The lowest BCUT2D eigenvalue weighted by Gasteiger charge is -2.11. The third kappa shape index (κ3) is 4.22. The lowest BCUT2D eigenvalue weighted by atomic mass is 10.1. The Balaban J connectivity index is 1.39. The summed E-state index contributed by atoms with van der Waals surface area (Å²) in [5, 5.41) is 11.6. The van der Waals surface area contributed by atoms with Crippen LogP contribution in [0.25, 0.3) is 27.9 Å². The predicted octanol–water partition coefficient (Wildman–Crippen LogP) is 4.31. The first-order chi connectivity index (χ1) is 17.1. The van der Waals surface area contributed by atoms with Crippen LogP contribution in [0.15, 0.2) is 88.2 Å². The molecule has 174 valence electrons. The average Bonchev–Trinajstić information content (AvgIpc) is 3.38. The third-order valence-corrected chi connectivity index (χ3v) is 5.48. The molecule has 0 aliphatic rings. The molecule has 2 heterocycles. The molecular formula is C26H20N4O5. The summed E-state index contributed by atoms with van der Waals surface area (Å²) < 4.78 is 17.6. The van der Waals surface area contributed by atoms with Crippen LogP contribution in [-0.2, 0) is 0 Å². The molecule has 0 fully saturated rings. The van der Waals surface area contributed by atoms with Gasteiger partial charge in [0.1, 0.15) is 11.1 Å². The molecule has 0 unspecified atom stereocenters. The van der Waals surface area contributed by atoms with Crippen molar-refractivity contribution in [1.29, 1.82) is 0 Å². The van der Waals surface area contributed by atoms with Crippen molar-refractivity contribution in [1.82, 2.24) is 15.0 Å². The van der Waals surface area contributed by atoms with E-state index in [1.807, 2.05) is 24.3 Å². The van der Waals surface area contributed by atoms with E-state index in [1.165, 1.54) is 6.07 Å². The van der Waals surface area contributed by atoms with Crippen LogP contribution >= 0.6 is 0 Å². The average molecular weight is 468 g/mol. The summed E-state index contributed by atoms with van der Waals surface area (Å²) in [4.78, 5) is 25.0. The molecule has 0 radical (unpaired) electrons. The Bertz CT molecular complexity index is 1590. The van der Waals surface area contributed by atoms with Gasteiger partial charge in [-0.25, -0.2) is 9.48 Å². The summed E-state index contributed by atoms with van der Waals surface area (Å²) >= 11 is 0. The van der Waals surface area contributed by atoms with Crippen LogP contribution in [0, 0.1) is 0 Å². The van der Waals surface area contributed by atoms with Gasteiger partial charge in [-0.3, -0.25) is 4.79 Å². The van der Waals surface area contributed by atoms with Crippen molar-refractivity contribution in [2.75, 3.05) is 19.5 Å². The number of hydrogen-bond acceptors (Lipinski definition) is 7. The van der Waals surface area contributed by atoms with Gasteiger partial charge in [0, 0.05) is 16.6 Å². The highest BCUT2D eigenvalue weighted by atomic mass is 16.5. The molecule has 5 rings (SSSR count). The number of amides is 1. The molecule has 0 bridgehead atoms. The van der Waals surface area contributed by atoms with Gasteiger partial charge in [-0.1, -0.05) is 23.4 Å². The number of ether oxygens (including phenoxy) is 2. The molecule has 1 N–H and O–H groups in total. The van der Waals surface area contributed by atoms with Gasteiger partial charge in [-0.2, -0.15) is 0 Å². The quantitative estimate of drug-likeness (QED) is 0.370. The zero-order valence-corrected chi connectivity index (χ0v) is 18.9. The van der Waals surface area contributed by atoms with E-state index < -0.39 is 11.5 Å². The Morgan fingerprint density at radius 2 is 1.71 bits per heavy atom. The van der Waals surface area contributed by atoms with Gasteiger partial charge < -0.3 is 19.2 Å². The van der Waals surface area contributed by atoms with E-state index >= 15 is 0 Å². The minimum absolute atomic E-state index is 0.0696. The maximum atomic E-state index is 12.7. The van der Waals surface area contributed by atoms with E-state index in [-0.39, 0.29) is 5.56 Å². The number of aromatic nitrogens is 3. The first-order valence-corrected chi connectivity index (χ1v) is 10.6. The molecule has 2 aromatic heterocycles. The van der Waals surface area contributed by atoms with Crippen LogP contribution in [0.2, 0.25) is 0 Å². The van der Waals surface area contributed by atoms with Crippen LogP contribution in [0.5, 0.6) is 11.5 Å². The highest BCUT2D eigenvalue weighted by molar-refractivity contribution is 6.05. The normalized spacial score (nSPS) is 10.8. The second kappa shape index (κ2) is 9.14. The zero-order valence-electron chi connectivity index (χ0n) is 18.9. The summed E-state index contributed by atoms with van der Waals surface area (Å²) in [6, 6.07) is 21.1. The van der Waals surface area contributed by atoms with Gasteiger partial charge in [-0.15, -0.1) is 5.10 Å². The number of rotatable bonds is 6. The molecule has 0 saturated carbocycles. The van der Waals surface area contributed by atoms with E-state index in [0.29, 0.717) is 28.2 Å². The van der Waals surface area contributed by atoms with Gasteiger partial charge in [-0.05, 0) is 54.6 Å². The summed E-state index contributed by atoms with van der Waals surface area (Å²) in [5.74, 6) is 0.661. The fraction of sp³-hybridized carbons (Fsp3) is 0.0769. The number of carbonyl (C=O) groups excluding carboxylic acids is 1. The van der Waals surface area contributed by atoms with Crippen molar-refractivity contribution in [2.45, 2.75) is 0 Å². The number of fused-ring (bicyclic) bond motifs is 1. The fourth-order valence-electron chi connectivity index (χ4n) is 3.72. The summed E-state index contributed by atoms with van der Waals surface area (Å²) in [7, 11) is 3.16. The van der Waals surface area contributed by atoms with E-state index in [0.717, 1.165) is 16.9 Å². The van der Waals surface area contributed by atoms with E-state index in [2.05, 4.69) is 15.6 Å². The molecule has 0 saturated heterocycles. The van der Waals surface area contributed by atoms with Crippen LogP contribution in [0.4, 0.5) is 5.69 Å². The molecule has 0 aliphatic carbocycles. The van der Waals surface area contributed by atoms with Crippen LogP contribution in [0.1, 0.15) is 10.4 Å². The Hall–Kier alpha value is -4.92. The SMILES string of the molecule is COc1ccc(-c2cnnn2-c2ccc(NC(=O)c3cc4ccccc4oc3=O)cc2)cc1OC. The van der Waals surface area contributed by atoms with Gasteiger partial charge in [0.05, 0.1) is 31.8 Å². The van der Waals surface area contributed by atoms with E-state index in [9.17, 15) is 9.59 Å². The number of methoxy groups -OCH3 is 2. The first-order valence-electron chi connectivity index (χ1n) is 10.6. The molecule has 0 atom stereocenters. The predicted molar refractivity (Wildman–Crippen MR) is 130 cm³/mol. The molecule has 5 aromatic rings. The molecule has 0 aliphatic heterocycles. The number of hydrogen-bond donors (Lipinski definition) is 1. The lowest BCUT2D eigenvalue weighted by Crippen LogP contribution is -2.20. The van der Waals surface area contributed by atoms with Crippen molar-refractivity contribution >= 4 is 22.6 Å². The topological polar surface area (TPSA) is 108 Å². The molecule has 3 aromatic carbocycles. The van der Waals surface area contributed by atoms with Crippen molar-refractivity contribution in [3.63, 3.8) is 0 Å². The zero-order chi connectivity index (χ0) is 24.4. The van der Waals surface area contributed by atoms with Gasteiger partial charge in [0.25, 0.3) is 5.91 Å². The van der Waals surface area contributed by atoms with Crippen molar-refractivity contribution in [3.05, 3.63) is 95.0 Å². The molecule has 35 heavy (non-hydrogen) atoms. The Morgan fingerprint density at radius 1 is 0.943 bits per heavy atom. The number of benzene rings is 3. The molecule has 1 amide bonds. The number of nitrogens with one attached hydrogen (secondary N) is 1. The standard InChI is InChI=1S/C26H20N4O5/c1-33-23-12-7-16(14-24(23)34-2)21-15-27-29-30(21)19-10-8-18(9-11-19)28-25(31)20-13-17-5-3-4-6-22(17)35-26(20)32/h3-15H,1-2H3,(H,28,31). The first kappa shape index (κ1) is 21.9. The van der Waals surface area contributed by atoms with E-state index in [4.69, 9.17) is 13.9 Å². The lowest BCUT2D eigenvalue weighted by molar-refractivity contribution is 0.102. The maximum absolute atomic E-state index is 12.7. The van der Waals surface area contributed by atoms with E-state index in [1.54, 1.807) is 67.6 Å². The Labute approximate surface area is 199 Å². The smallest absolute Gasteiger partial charge is 0.349 e. The van der Waals surface area contributed by atoms with Gasteiger partial charge in [0.2, 0.25) is 0 Å². The van der Waals surface area contributed by atoms with Crippen LogP contribution in [-0.4, -0.2) is 35.1 Å². The Morgan fingerprint density at radius 3 is 2.49 bits per heavy atom. The molecular weight excluding hydrogens is 448 g/mol. The number of anilines is 1. The second-order valence-corrected chi connectivity index (χ2v) is 7.59. The number of para-hydroxylation sites is 1. The minimum Gasteiger partial charge on any atom is -0.493 e. The van der Waals surface area contributed by atoms with Crippen molar-refractivity contribution in [3.8, 4) is 28.4 Å².